The van der Waals surface area contributed by atoms with E-state index in [4.69, 9.17) is 16.3 Å². The van der Waals surface area contributed by atoms with Crippen LogP contribution in [0.2, 0.25) is 5.02 Å². The van der Waals surface area contributed by atoms with Crippen LogP contribution in [0.4, 0.5) is 13.2 Å². The Morgan fingerprint density at radius 2 is 1.68 bits per heavy atom. The minimum absolute atomic E-state index is 0.0845. The van der Waals surface area contributed by atoms with Gasteiger partial charge in [0.2, 0.25) is 0 Å². The number of hydrogen-bond acceptors (Lipinski definition) is 3. The van der Waals surface area contributed by atoms with Crippen molar-refractivity contribution in [3.05, 3.63) is 99.9 Å². The standard InChI is InChI=1S/C26H16ClF3N2O2/c1-34-18-11-12-19-20(14-18)22(26(28,29)30)24(16-7-9-17(27)10-8-16)32(25(19)33)21-6-2-4-15-5-3-13-31-23(15)21/h2-14H,1H3. The van der Waals surface area contributed by atoms with Gasteiger partial charge in [0.05, 0.1) is 29.6 Å². The maximum Gasteiger partial charge on any atom is 0.419 e. The summed E-state index contributed by atoms with van der Waals surface area (Å²) in [6, 6.07) is 18.5. The Bertz CT molecular complexity index is 1600. The Hall–Kier alpha value is -3.84. The highest BCUT2D eigenvalue weighted by molar-refractivity contribution is 6.30. The van der Waals surface area contributed by atoms with Crippen molar-refractivity contribution in [2.45, 2.75) is 6.18 Å². The van der Waals surface area contributed by atoms with Crippen molar-refractivity contribution in [3.8, 4) is 22.7 Å². The summed E-state index contributed by atoms with van der Waals surface area (Å²) in [4.78, 5) is 18.2. The van der Waals surface area contributed by atoms with E-state index in [0.717, 1.165) is 4.57 Å². The summed E-state index contributed by atoms with van der Waals surface area (Å²) in [5.74, 6) is 0.212. The highest BCUT2D eigenvalue weighted by Crippen LogP contribution is 2.43. The van der Waals surface area contributed by atoms with Gasteiger partial charge < -0.3 is 4.74 Å². The van der Waals surface area contributed by atoms with Crippen molar-refractivity contribution < 1.29 is 17.9 Å². The van der Waals surface area contributed by atoms with E-state index in [0.29, 0.717) is 15.9 Å². The molecule has 0 saturated heterocycles. The van der Waals surface area contributed by atoms with Crippen LogP contribution in [0.5, 0.6) is 5.75 Å². The average molecular weight is 481 g/mol. The van der Waals surface area contributed by atoms with Crippen molar-refractivity contribution in [1.29, 1.82) is 0 Å². The summed E-state index contributed by atoms with van der Waals surface area (Å²) in [6.07, 6.45) is -3.25. The summed E-state index contributed by atoms with van der Waals surface area (Å²) in [5.41, 5.74) is -1.01. The van der Waals surface area contributed by atoms with Gasteiger partial charge >= 0.3 is 6.18 Å². The second kappa shape index (κ2) is 8.18. The number of aromatic nitrogens is 2. The summed E-state index contributed by atoms with van der Waals surface area (Å²) in [5, 5.41) is 0.725. The summed E-state index contributed by atoms with van der Waals surface area (Å²) in [6.45, 7) is 0. The number of nitrogens with zero attached hydrogens (tertiary/aromatic N) is 2. The van der Waals surface area contributed by atoms with Crippen LogP contribution >= 0.6 is 11.6 Å². The number of pyridine rings is 2. The van der Waals surface area contributed by atoms with Gasteiger partial charge in [0, 0.05) is 27.4 Å². The van der Waals surface area contributed by atoms with Crippen molar-refractivity contribution in [1.82, 2.24) is 9.55 Å². The van der Waals surface area contributed by atoms with Crippen LogP contribution in [0.1, 0.15) is 5.56 Å². The van der Waals surface area contributed by atoms with E-state index >= 15 is 0 Å². The van der Waals surface area contributed by atoms with Crippen molar-refractivity contribution in [3.63, 3.8) is 0 Å². The lowest BCUT2D eigenvalue weighted by Crippen LogP contribution is -2.25. The molecule has 2 heterocycles. The number of rotatable bonds is 3. The van der Waals surface area contributed by atoms with Crippen LogP contribution in [-0.2, 0) is 6.18 Å². The zero-order chi connectivity index (χ0) is 24.0. The largest absolute Gasteiger partial charge is 0.497 e. The van der Waals surface area contributed by atoms with Gasteiger partial charge in [-0.2, -0.15) is 13.2 Å². The number of halogens is 4. The number of para-hydroxylation sites is 1. The number of hydrogen-bond donors (Lipinski definition) is 0. The summed E-state index contributed by atoms with van der Waals surface area (Å²) >= 11 is 6.01. The van der Waals surface area contributed by atoms with Gasteiger partial charge in [0.15, 0.2) is 0 Å². The molecule has 0 atom stereocenters. The first-order valence-corrected chi connectivity index (χ1v) is 10.6. The molecule has 0 spiro atoms. The number of methoxy groups -OCH3 is 1. The first-order valence-electron chi connectivity index (χ1n) is 10.2. The monoisotopic (exact) mass is 480 g/mol. The molecule has 0 aliphatic heterocycles. The Morgan fingerprint density at radius 1 is 0.941 bits per heavy atom. The van der Waals surface area contributed by atoms with Crippen LogP contribution in [0.15, 0.2) is 83.8 Å². The van der Waals surface area contributed by atoms with Crippen LogP contribution < -0.4 is 10.3 Å². The zero-order valence-electron chi connectivity index (χ0n) is 17.7. The molecule has 3 aromatic carbocycles. The van der Waals surface area contributed by atoms with Crippen LogP contribution in [0.25, 0.3) is 38.6 Å². The molecule has 0 saturated carbocycles. The second-order valence-electron chi connectivity index (χ2n) is 7.63. The predicted octanol–water partition coefficient (Wildman–Crippen LogP) is 6.89. The van der Waals surface area contributed by atoms with Crippen molar-refractivity contribution >= 4 is 33.3 Å². The highest BCUT2D eigenvalue weighted by Gasteiger charge is 2.39. The van der Waals surface area contributed by atoms with Gasteiger partial charge in [-0.1, -0.05) is 41.9 Å². The lowest BCUT2D eigenvalue weighted by molar-refractivity contribution is -0.136. The topological polar surface area (TPSA) is 44.1 Å². The Morgan fingerprint density at radius 3 is 2.38 bits per heavy atom. The number of ether oxygens (including phenoxy) is 1. The van der Waals surface area contributed by atoms with Crippen molar-refractivity contribution in [2.75, 3.05) is 7.11 Å². The molecule has 2 aromatic heterocycles. The summed E-state index contributed by atoms with van der Waals surface area (Å²) in [7, 11) is 1.36. The molecule has 0 amide bonds. The first-order chi connectivity index (χ1) is 16.3. The van der Waals surface area contributed by atoms with Gasteiger partial charge in [-0.25, -0.2) is 0 Å². The molecule has 0 bridgehead atoms. The number of benzene rings is 3. The van der Waals surface area contributed by atoms with E-state index in [-0.39, 0.29) is 33.5 Å². The highest BCUT2D eigenvalue weighted by atomic mass is 35.5. The molecule has 170 valence electrons. The average Bonchev–Trinajstić information content (AvgIpc) is 2.83. The molecule has 0 radical (unpaired) electrons. The van der Waals surface area contributed by atoms with Crippen LogP contribution in [0.3, 0.4) is 0 Å². The summed E-state index contributed by atoms with van der Waals surface area (Å²) < 4.78 is 50.4. The number of alkyl halides is 3. The van der Waals surface area contributed by atoms with Gasteiger partial charge in [-0.15, -0.1) is 0 Å². The van der Waals surface area contributed by atoms with E-state index in [1.165, 1.54) is 55.8 Å². The Balaban J connectivity index is 2.06. The molecule has 8 heteroatoms. The maximum atomic E-state index is 14.7. The molecule has 4 nitrogen and oxygen atoms in total. The first kappa shape index (κ1) is 22.0. The fourth-order valence-electron chi connectivity index (χ4n) is 4.17. The second-order valence-corrected chi connectivity index (χ2v) is 8.07. The van der Waals surface area contributed by atoms with Gasteiger partial charge in [-0.3, -0.25) is 14.3 Å². The molecular weight excluding hydrogens is 465 g/mol. The third-order valence-corrected chi connectivity index (χ3v) is 5.90. The molecular formula is C26H16ClF3N2O2. The minimum atomic E-state index is -4.78. The molecule has 0 unspecified atom stereocenters. The van der Waals surface area contributed by atoms with E-state index in [1.807, 2.05) is 0 Å². The molecule has 0 fully saturated rings. The smallest absolute Gasteiger partial charge is 0.419 e. The fraction of sp³-hybridized carbons (Fsp3) is 0.0769. The SMILES string of the molecule is COc1ccc2c(=O)n(-c3cccc4cccnc34)c(-c3ccc(Cl)cc3)c(C(F)(F)F)c2c1. The quantitative estimate of drug-likeness (QED) is 0.282. The van der Waals surface area contributed by atoms with E-state index in [9.17, 15) is 18.0 Å². The van der Waals surface area contributed by atoms with Crippen LogP contribution in [0, 0.1) is 0 Å². The maximum absolute atomic E-state index is 14.7. The third kappa shape index (κ3) is 3.58. The lowest BCUT2D eigenvalue weighted by Gasteiger charge is -2.22. The van der Waals surface area contributed by atoms with Gasteiger partial charge in [-0.05, 0) is 48.0 Å². The fourth-order valence-corrected chi connectivity index (χ4v) is 4.30. The van der Waals surface area contributed by atoms with Crippen molar-refractivity contribution in [2.24, 2.45) is 0 Å². The number of fused-ring (bicyclic) bond motifs is 2. The normalized spacial score (nSPS) is 11.8. The molecule has 5 rings (SSSR count). The van der Waals surface area contributed by atoms with E-state index < -0.39 is 17.3 Å². The zero-order valence-corrected chi connectivity index (χ0v) is 18.5. The van der Waals surface area contributed by atoms with Crippen LogP contribution in [-0.4, -0.2) is 16.7 Å². The Labute approximate surface area is 196 Å². The molecule has 0 N–H and O–H groups in total. The van der Waals surface area contributed by atoms with Gasteiger partial charge in [0.25, 0.3) is 5.56 Å². The third-order valence-electron chi connectivity index (χ3n) is 5.64. The van der Waals surface area contributed by atoms with E-state index in [1.54, 1.807) is 30.3 Å². The predicted molar refractivity (Wildman–Crippen MR) is 127 cm³/mol. The van der Waals surface area contributed by atoms with E-state index in [2.05, 4.69) is 4.98 Å². The Kier molecular flexibility index (Phi) is 5.29. The molecule has 34 heavy (non-hydrogen) atoms. The lowest BCUT2D eigenvalue weighted by atomic mass is 9.97. The van der Waals surface area contributed by atoms with Gasteiger partial charge in [0.1, 0.15) is 5.75 Å². The molecule has 5 aromatic rings. The molecule has 0 aliphatic carbocycles. The minimum Gasteiger partial charge on any atom is -0.497 e. The molecule has 0 aliphatic rings.